The number of hydrogen-bond acceptors (Lipinski definition) is 2. The van der Waals surface area contributed by atoms with Crippen molar-refractivity contribution in [1.82, 2.24) is 4.57 Å². The van der Waals surface area contributed by atoms with Gasteiger partial charge in [-0.2, -0.15) is 0 Å². The molecule has 0 saturated heterocycles. The van der Waals surface area contributed by atoms with Crippen LogP contribution in [0.5, 0.6) is 0 Å². The van der Waals surface area contributed by atoms with E-state index in [1.165, 1.54) is 115 Å². The maximum atomic E-state index is 2.86. The Kier molecular flexibility index (Phi) is 5.77. The van der Waals surface area contributed by atoms with E-state index in [9.17, 15) is 0 Å². The van der Waals surface area contributed by atoms with Gasteiger partial charge in [0.1, 0.15) is 0 Å². The molecule has 0 bridgehead atoms. The first kappa shape index (κ1) is 29.5. The first-order valence-corrected chi connectivity index (χ1v) is 18.9. The largest absolute Gasteiger partial charge is 0.335 e. The Morgan fingerprint density at radius 3 is 2.06 bits per heavy atom. The molecule has 1 aliphatic carbocycles. The number of aryl methyl sites for hydroxylation is 3. The number of benzene rings is 6. The van der Waals surface area contributed by atoms with E-state index >= 15 is 0 Å². The summed E-state index contributed by atoms with van der Waals surface area (Å²) < 4.78 is 2.61. The van der Waals surface area contributed by atoms with E-state index in [0.717, 1.165) is 0 Å². The molecule has 0 amide bonds. The van der Waals surface area contributed by atoms with E-state index in [0.29, 0.717) is 0 Å². The summed E-state index contributed by atoms with van der Waals surface area (Å²) in [4.78, 5) is 5.36. The summed E-state index contributed by atoms with van der Waals surface area (Å²) in [7, 11) is 0. The van der Waals surface area contributed by atoms with Gasteiger partial charge in [-0.3, -0.25) is 0 Å². The lowest BCUT2D eigenvalue weighted by Gasteiger charge is -2.52. The summed E-state index contributed by atoms with van der Waals surface area (Å²) >= 11 is 0. The molecule has 1 fully saturated rings. The monoisotopic (exact) mass is 659 g/mol. The molecule has 4 heterocycles. The molecule has 248 valence electrons. The molecule has 51 heavy (non-hydrogen) atoms. The minimum Gasteiger partial charge on any atom is -0.335 e. The second-order valence-corrected chi connectivity index (χ2v) is 16.3. The Bertz CT molecular complexity index is 2600. The number of rotatable bonds is 3. The van der Waals surface area contributed by atoms with Crippen molar-refractivity contribution in [2.24, 2.45) is 0 Å². The highest BCUT2D eigenvalue weighted by Gasteiger charge is 2.61. The van der Waals surface area contributed by atoms with Crippen LogP contribution in [0.4, 0.5) is 28.4 Å². The van der Waals surface area contributed by atoms with Gasteiger partial charge in [0.25, 0.3) is 6.71 Å². The second-order valence-electron chi connectivity index (χ2n) is 16.3. The van der Waals surface area contributed by atoms with Gasteiger partial charge in [0.15, 0.2) is 0 Å². The molecule has 1 saturated carbocycles. The van der Waals surface area contributed by atoms with Gasteiger partial charge in [-0.15, -0.1) is 0 Å². The zero-order valence-corrected chi connectivity index (χ0v) is 30.2. The fourth-order valence-electron chi connectivity index (χ4n) is 11.0. The number of hydrogen-bond donors (Lipinski definition) is 0. The molecular weight excluding hydrogens is 617 g/mol. The van der Waals surface area contributed by atoms with Crippen molar-refractivity contribution in [1.29, 1.82) is 0 Å². The average molecular weight is 660 g/mol. The lowest BCUT2D eigenvalue weighted by atomic mass is 9.33. The van der Waals surface area contributed by atoms with Gasteiger partial charge < -0.3 is 14.4 Å². The quantitative estimate of drug-likeness (QED) is 0.175. The van der Waals surface area contributed by atoms with Crippen LogP contribution in [0.1, 0.15) is 61.8 Å². The van der Waals surface area contributed by atoms with E-state index < -0.39 is 0 Å². The third kappa shape index (κ3) is 3.65. The highest BCUT2D eigenvalue weighted by Crippen LogP contribution is 2.62. The first-order chi connectivity index (χ1) is 24.8. The van der Waals surface area contributed by atoms with E-state index in [2.05, 4.69) is 164 Å². The number of para-hydroxylation sites is 2. The molecule has 2 atom stereocenters. The van der Waals surface area contributed by atoms with Crippen LogP contribution in [0.15, 0.2) is 115 Å². The Morgan fingerprint density at radius 2 is 1.29 bits per heavy atom. The van der Waals surface area contributed by atoms with E-state index in [4.69, 9.17) is 0 Å². The van der Waals surface area contributed by atoms with Crippen LogP contribution in [0.25, 0.3) is 27.5 Å². The maximum absolute atomic E-state index is 2.86. The molecule has 0 radical (unpaired) electrons. The van der Waals surface area contributed by atoms with Crippen LogP contribution >= 0.6 is 0 Å². The molecular formula is C47H42BN3. The fourth-order valence-corrected chi connectivity index (χ4v) is 11.0. The van der Waals surface area contributed by atoms with Gasteiger partial charge in [-0.25, -0.2) is 0 Å². The molecule has 1 aromatic heterocycles. The standard InChI is InChI=1S/C47H42BN3/c1-29-13-10-15-32(23-29)49(33-16-11-14-30(2)24-33)34-27-41-43-42(28-34)51-45-37(46(4)21-8-9-22-47(46,51)5)25-31(3)26-39(45)48(43)38-19-12-18-36-35-17-6-7-20-40(35)50(41)44(36)38/h6-7,10-20,23-28H,8-9,21-22H2,1-5H3. The first-order valence-electron chi connectivity index (χ1n) is 18.9. The van der Waals surface area contributed by atoms with Crippen molar-refractivity contribution in [3.05, 3.63) is 138 Å². The predicted molar refractivity (Wildman–Crippen MR) is 217 cm³/mol. The average Bonchev–Trinajstić information content (AvgIpc) is 3.56. The molecule has 11 rings (SSSR count). The number of nitrogens with zero attached hydrogens (tertiary/aromatic N) is 3. The van der Waals surface area contributed by atoms with Gasteiger partial charge >= 0.3 is 0 Å². The molecule has 6 aromatic carbocycles. The Morgan fingerprint density at radius 1 is 0.608 bits per heavy atom. The molecule has 4 heteroatoms. The highest BCUT2D eigenvalue weighted by atomic mass is 15.3. The lowest BCUT2D eigenvalue weighted by Crippen LogP contribution is -2.64. The van der Waals surface area contributed by atoms with Crippen LogP contribution < -0.4 is 26.2 Å². The summed E-state index contributed by atoms with van der Waals surface area (Å²) in [6, 6.07) is 44.3. The topological polar surface area (TPSA) is 11.4 Å². The summed E-state index contributed by atoms with van der Waals surface area (Å²) in [5, 5.41) is 2.66. The van der Waals surface area contributed by atoms with Gasteiger partial charge in [0.2, 0.25) is 0 Å². The minimum absolute atomic E-state index is 0.0317. The van der Waals surface area contributed by atoms with Gasteiger partial charge in [-0.05, 0) is 116 Å². The predicted octanol–water partition coefficient (Wildman–Crippen LogP) is 10.1. The Hall–Kier alpha value is -5.22. The van der Waals surface area contributed by atoms with Gasteiger partial charge in [-0.1, -0.05) is 98.1 Å². The zero-order chi connectivity index (χ0) is 34.4. The zero-order valence-electron chi connectivity index (χ0n) is 30.2. The smallest absolute Gasteiger partial charge is 0.252 e. The van der Waals surface area contributed by atoms with Crippen molar-refractivity contribution in [3.8, 4) is 5.69 Å². The summed E-state index contributed by atoms with van der Waals surface area (Å²) in [5.74, 6) is 0. The second kappa shape index (κ2) is 9.97. The van der Waals surface area contributed by atoms with E-state index in [1.807, 2.05) is 0 Å². The van der Waals surface area contributed by atoms with Crippen LogP contribution in [-0.4, -0.2) is 16.8 Å². The number of aromatic nitrogens is 1. The third-order valence-electron chi connectivity index (χ3n) is 13.4. The maximum Gasteiger partial charge on any atom is 0.252 e. The summed E-state index contributed by atoms with van der Waals surface area (Å²) in [6.45, 7) is 12.1. The SMILES string of the molecule is Cc1cccc(N(c2cccc(C)c2)c2cc3c4c(c2)-n2c5ccccc5c5cccc(c52)B4c2cc(C)cc4c2N3C2(C)CCCCC42C)c1. The van der Waals surface area contributed by atoms with E-state index in [-0.39, 0.29) is 17.7 Å². The molecule has 3 nitrogen and oxygen atoms in total. The van der Waals surface area contributed by atoms with Gasteiger partial charge in [0.05, 0.1) is 16.7 Å². The normalized spacial score (nSPS) is 20.8. The summed E-state index contributed by atoms with van der Waals surface area (Å²) in [5.41, 5.74) is 20.2. The highest BCUT2D eigenvalue weighted by molar-refractivity contribution is 7.00. The van der Waals surface area contributed by atoms with Crippen molar-refractivity contribution < 1.29 is 0 Å². The molecule has 7 aromatic rings. The molecule has 0 spiro atoms. The fraction of sp³-hybridized carbons (Fsp3) is 0.234. The minimum atomic E-state index is -0.0317. The van der Waals surface area contributed by atoms with Crippen molar-refractivity contribution in [2.45, 2.75) is 71.3 Å². The van der Waals surface area contributed by atoms with Crippen molar-refractivity contribution >= 4 is 73.3 Å². The Balaban J connectivity index is 1.32. The lowest BCUT2D eigenvalue weighted by molar-refractivity contribution is 0.195. The summed E-state index contributed by atoms with van der Waals surface area (Å²) in [6.07, 6.45) is 4.96. The third-order valence-corrected chi connectivity index (χ3v) is 13.4. The van der Waals surface area contributed by atoms with Gasteiger partial charge in [0, 0.05) is 50.1 Å². The van der Waals surface area contributed by atoms with Crippen LogP contribution in [-0.2, 0) is 5.41 Å². The van der Waals surface area contributed by atoms with Crippen LogP contribution in [0.2, 0.25) is 0 Å². The number of fused-ring (bicyclic) bond motifs is 10. The van der Waals surface area contributed by atoms with Crippen LogP contribution in [0.3, 0.4) is 0 Å². The molecule has 2 unspecified atom stereocenters. The number of anilines is 5. The Labute approximate surface area is 301 Å². The van der Waals surface area contributed by atoms with Crippen LogP contribution in [0, 0.1) is 20.8 Å². The molecule has 4 aliphatic rings. The van der Waals surface area contributed by atoms with Crippen molar-refractivity contribution in [2.75, 3.05) is 9.80 Å². The molecule has 3 aliphatic heterocycles. The van der Waals surface area contributed by atoms with E-state index in [1.54, 1.807) is 5.56 Å². The van der Waals surface area contributed by atoms with Crippen molar-refractivity contribution in [3.63, 3.8) is 0 Å². The molecule has 0 N–H and O–H groups in total.